The molecular formula is C57H50Cl4CoN19O15S4-. The number of alkyl halides is 1. The maximum atomic E-state index is 11.1. The smallest absolute Gasteiger partial charge is 0.345 e. The quantitative estimate of drug-likeness (QED) is 0.00995. The van der Waals surface area contributed by atoms with Crippen molar-refractivity contribution in [2.45, 2.75) is 39.5 Å². The number of carbonyl (C=O) groups excluding carboxylic acids is 3. The fourth-order valence-electron chi connectivity index (χ4n) is 7.64. The molecule has 100 heavy (non-hydrogen) atoms. The Morgan fingerprint density at radius 3 is 1.70 bits per heavy atom. The van der Waals surface area contributed by atoms with E-state index in [1.807, 2.05) is 0 Å². The zero-order valence-corrected chi connectivity index (χ0v) is 59.1. The molecular weight excluding hydrogens is 1520 g/mol. The van der Waals surface area contributed by atoms with Crippen molar-refractivity contribution in [3.05, 3.63) is 204 Å². The summed E-state index contributed by atoms with van der Waals surface area (Å²) < 4.78 is 2.29. The molecule has 0 amide bonds. The number of nitriles is 1. The molecule has 43 heteroatoms. The molecule has 2 aliphatic carbocycles. The summed E-state index contributed by atoms with van der Waals surface area (Å²) in [6.07, 6.45) is 13.4. The molecule has 3 aliphatic rings. The molecule has 4 aromatic heterocycles. The number of hydrazine groups is 1. The number of phenolic OH excluding ortho intramolecular Hbond substituents is 2. The molecule has 1 aliphatic heterocycles. The molecule has 0 unspecified atom stereocenters. The first-order valence-corrected chi connectivity index (χ1v) is 32.2. The Bertz CT molecular complexity index is 4570. The van der Waals surface area contributed by atoms with Crippen LogP contribution in [0.2, 0.25) is 5.02 Å². The molecule has 1 radical (unpaired) electrons. The Hall–Kier alpha value is -10.4. The summed E-state index contributed by atoms with van der Waals surface area (Å²) in [6.45, 7) is 9.83. The van der Waals surface area contributed by atoms with Gasteiger partial charge in [0.25, 0.3) is 0 Å². The van der Waals surface area contributed by atoms with E-state index in [-0.39, 0.29) is 124 Å². The molecule has 34 nitrogen and oxygen atoms in total. The number of anilines is 2. The van der Waals surface area contributed by atoms with Crippen LogP contribution in [0, 0.1) is 51.8 Å². The number of azo groups is 1. The summed E-state index contributed by atoms with van der Waals surface area (Å²) in [5, 5.41) is 109. The van der Waals surface area contributed by atoms with Crippen LogP contribution in [0.5, 0.6) is 11.5 Å². The van der Waals surface area contributed by atoms with Crippen molar-refractivity contribution >= 4 is 180 Å². The summed E-state index contributed by atoms with van der Waals surface area (Å²) in [5.74, 6) is 2.64. The van der Waals surface area contributed by atoms with Crippen molar-refractivity contribution in [3.63, 3.8) is 0 Å². The zero-order chi connectivity index (χ0) is 73.3. The topological polar surface area (TPSA) is 501 Å². The van der Waals surface area contributed by atoms with E-state index < -0.39 is 31.3 Å². The molecule has 0 saturated carbocycles. The number of phenols is 2. The van der Waals surface area contributed by atoms with Crippen molar-refractivity contribution in [2.75, 3.05) is 36.3 Å². The molecule has 0 fully saturated rings. The van der Waals surface area contributed by atoms with Gasteiger partial charge in [0.05, 0.1) is 58.6 Å². The average molecular weight is 1570 g/mol. The molecule has 3 aromatic carbocycles. The Labute approximate surface area is 610 Å². The summed E-state index contributed by atoms with van der Waals surface area (Å²) in [6, 6.07) is 21.7. The molecule has 0 spiro atoms. The van der Waals surface area contributed by atoms with E-state index in [0.717, 1.165) is 114 Å². The number of aromatic hydroxyl groups is 2. The number of nitrogens with two attached hydrogens (primary N) is 1. The number of para-hydroxylation sites is 1. The maximum Gasteiger partial charge on any atom is 0.345 e. The van der Waals surface area contributed by atoms with Gasteiger partial charge in [-0.1, -0.05) is 87.8 Å². The number of nitrogens with zero attached hydrogens (tertiary/aromatic N) is 17. The number of fused-ring (bicyclic) bond motifs is 1. The number of aliphatic hydroxyl groups is 2. The third-order valence-electron chi connectivity index (χ3n) is 12.3. The summed E-state index contributed by atoms with van der Waals surface area (Å²) in [4.78, 5) is 87.8. The molecule has 7 aromatic rings. The molecule has 0 bridgehead atoms. The number of Topliss-reactive ketones (excluding diaryl/α,β-unsaturated/α-hetero) is 1. The van der Waals surface area contributed by atoms with Gasteiger partial charge in [-0.05, 0) is 92.4 Å². The van der Waals surface area contributed by atoms with Gasteiger partial charge in [-0.25, -0.2) is 15.8 Å². The number of nitrogen functional groups attached to an aromatic ring is 1. The van der Waals surface area contributed by atoms with Gasteiger partial charge in [0.1, 0.15) is 65.4 Å². The van der Waals surface area contributed by atoms with Crippen molar-refractivity contribution < 1.29 is 75.9 Å². The Morgan fingerprint density at radius 2 is 1.26 bits per heavy atom. The second kappa shape index (κ2) is 39.3. The number of benzene rings is 3. The van der Waals surface area contributed by atoms with E-state index in [1.54, 1.807) is 0 Å². The third kappa shape index (κ3) is 24.3. The molecule has 10 rings (SSSR count). The summed E-state index contributed by atoms with van der Waals surface area (Å²) in [5.41, 5.74) is 8.48. The molecule has 525 valence electrons. The molecule has 7 N–H and O–H groups in total. The third-order valence-corrected chi connectivity index (χ3v) is 17.0. The van der Waals surface area contributed by atoms with Gasteiger partial charge in [-0.3, -0.25) is 70.5 Å². The van der Waals surface area contributed by atoms with Gasteiger partial charge in [0.2, 0.25) is 27.5 Å². The van der Waals surface area contributed by atoms with E-state index in [2.05, 4.69) is 160 Å². The SMILES string of the molecule is CC(=O)CCl.CCN(CCC#N)c1ccc(/C=C/C2=[N+](C)c3ccccc3C2(C)C)cc1.NNc1ncc([N+](=O)[O-])s1.O=C1C=C(O)C(=NN=c2[n-]cc([N+](=O)[O-])s2)C=C1Cl.O=C1C=C(O)C(=NN=c2[n-]cc([N+](=O)[O-])s2)C=C1Cl.O=[N+]([O-])c1cnc(N=Nc2cc(Cl)c(O)cc2O)s1.[Co]. The van der Waals surface area contributed by atoms with Crippen LogP contribution in [-0.2, 0) is 36.6 Å². The largest absolute Gasteiger partial charge is 0.506 e. The van der Waals surface area contributed by atoms with Crippen molar-refractivity contribution in [3.8, 4) is 17.6 Å². The number of hydrogen-bond acceptors (Lipinski definition) is 31. The fourth-order valence-corrected chi connectivity index (χ4v) is 10.3. The van der Waals surface area contributed by atoms with Crippen molar-refractivity contribution in [1.29, 1.82) is 5.26 Å². The number of aromatic nitrogens is 4. The minimum absolute atomic E-state index is 0. The van der Waals surface area contributed by atoms with Crippen LogP contribution in [0.3, 0.4) is 0 Å². The minimum atomic E-state index is -0.600. The van der Waals surface area contributed by atoms with Gasteiger partial charge in [-0.15, -0.1) is 21.8 Å². The van der Waals surface area contributed by atoms with E-state index in [9.17, 15) is 75.3 Å². The number of nitrogens with one attached hydrogen (secondary N) is 1. The molecule has 0 atom stereocenters. The first-order chi connectivity index (χ1) is 46.9. The van der Waals surface area contributed by atoms with E-state index >= 15 is 0 Å². The number of ketones is 3. The Kier molecular flexibility index (Phi) is 32.2. The van der Waals surface area contributed by atoms with Crippen LogP contribution in [-0.4, -0.2) is 115 Å². The maximum absolute atomic E-state index is 11.1. The van der Waals surface area contributed by atoms with Crippen LogP contribution in [0.25, 0.3) is 6.08 Å². The van der Waals surface area contributed by atoms with Crippen LogP contribution in [0.4, 0.5) is 47.3 Å². The minimum Gasteiger partial charge on any atom is -0.506 e. The number of hydrogen-bond donors (Lipinski definition) is 6. The van der Waals surface area contributed by atoms with Crippen LogP contribution < -0.4 is 35.7 Å². The first kappa shape index (κ1) is 82.0. The van der Waals surface area contributed by atoms with Crippen molar-refractivity contribution in [2.24, 2.45) is 36.5 Å². The molecule has 0 saturated heterocycles. The van der Waals surface area contributed by atoms with Gasteiger partial charge >= 0.3 is 20.0 Å². The first-order valence-electron chi connectivity index (χ1n) is 27.3. The van der Waals surface area contributed by atoms with Gasteiger partial charge in [0, 0.05) is 93.5 Å². The second-order valence-electron chi connectivity index (χ2n) is 19.4. The number of aliphatic hydroxyl groups excluding tert-OH is 2. The van der Waals surface area contributed by atoms with Crippen LogP contribution >= 0.6 is 91.8 Å². The van der Waals surface area contributed by atoms with Gasteiger partial charge in [-0.2, -0.15) is 9.84 Å². The number of carbonyl (C=O) groups is 3. The standard InChI is InChI=1S/C24H28N3.3C9H5ClN4O4S.C3H5ClO.C3H4N4O2S.Co/c1-5-27(18-8-17-25)20-14-11-19(12-15-20)13-16-23-24(2,3)21-9-6-7-10-22(21)26(23)4;3*10-4-1-5(7(16)2-6(4)15)12-13-9-11-3-8(19-9)14(17)18;1-3(5)2-4;4-6-3-5-1-2(10-3)7(8)9;/h6-7,9-16H,5,8,18H2,1-4H3;2*1-3H,(H2,11,13,15,16);1-3,15-16H;2H2,1H3;1H,4H2,(H,5,6);/q+1;;;;;;/p-2. The van der Waals surface area contributed by atoms with E-state index in [4.69, 9.17) is 57.5 Å². The number of thiazole rings is 4. The molecule has 5 heterocycles. The van der Waals surface area contributed by atoms with Gasteiger partial charge < -0.3 is 45.5 Å². The summed E-state index contributed by atoms with van der Waals surface area (Å²) >= 11 is 24.9. The van der Waals surface area contributed by atoms with Crippen LogP contribution in [0.1, 0.15) is 45.2 Å². The number of allylic oxidation sites excluding steroid dienone is 7. The van der Waals surface area contributed by atoms with E-state index in [1.165, 1.54) is 41.2 Å². The van der Waals surface area contributed by atoms with Gasteiger partial charge in [0.15, 0.2) is 5.71 Å². The van der Waals surface area contributed by atoms with E-state index in [0.29, 0.717) is 11.6 Å². The predicted molar refractivity (Wildman–Crippen MR) is 374 cm³/mol. The normalized spacial score (nSPS) is 14.5. The predicted octanol–water partition coefficient (Wildman–Crippen LogP) is 11.9. The fraction of sp³-hybridized carbons (Fsp3) is 0.175. The number of rotatable bonds is 16. The Balaban J connectivity index is 0.000000266. The zero-order valence-electron chi connectivity index (χ0n) is 51.8. The van der Waals surface area contributed by atoms with Crippen LogP contribution in [0.15, 0.2) is 168 Å². The summed E-state index contributed by atoms with van der Waals surface area (Å²) in [7, 11) is 2.14. The number of halogens is 4. The Morgan fingerprint density at radius 1 is 0.750 bits per heavy atom. The monoisotopic (exact) mass is 1570 g/mol. The number of nitro groups is 4. The second-order valence-corrected chi connectivity index (χ2v) is 24.8. The van der Waals surface area contributed by atoms with Crippen molar-refractivity contribution in [1.82, 2.24) is 19.9 Å². The average Bonchev–Trinajstić information content (AvgIpc) is 1.60.